The Labute approximate surface area is 69.7 Å². The molecule has 1 fully saturated rings. The largest absolute Gasteiger partial charge is 0.369 e. The minimum Gasteiger partial charge on any atom is -0.369 e. The van der Waals surface area contributed by atoms with Gasteiger partial charge in [0.15, 0.2) is 0 Å². The van der Waals surface area contributed by atoms with Crippen molar-refractivity contribution in [2.45, 2.75) is 26.3 Å². The molecule has 0 spiro atoms. The van der Waals surface area contributed by atoms with E-state index in [-0.39, 0.29) is 0 Å². The normalized spacial score (nSPS) is 39.0. The van der Waals surface area contributed by atoms with Crippen molar-refractivity contribution in [3.63, 3.8) is 0 Å². The summed E-state index contributed by atoms with van der Waals surface area (Å²) in [5.41, 5.74) is 0. The Hall–Kier alpha value is -0.0800. The van der Waals surface area contributed by atoms with Gasteiger partial charge in [0.2, 0.25) is 0 Å². The summed E-state index contributed by atoms with van der Waals surface area (Å²) < 4.78 is 6.66. The molecule has 2 nitrogen and oxygen atoms in total. The van der Waals surface area contributed by atoms with E-state index in [1.807, 2.05) is 0 Å². The van der Waals surface area contributed by atoms with Crippen LogP contribution >= 0.6 is 0 Å². The highest BCUT2D eigenvalue weighted by Gasteiger charge is 2.32. The Morgan fingerprint density at radius 2 is 2.18 bits per heavy atom. The zero-order valence-electron chi connectivity index (χ0n) is 7.97. The van der Waals surface area contributed by atoms with Crippen molar-refractivity contribution < 1.29 is 9.22 Å². The maximum absolute atomic E-state index is 5.45. The lowest BCUT2D eigenvalue weighted by molar-refractivity contribution is -0.939. The number of morpholine rings is 1. The number of nitrogens with zero attached hydrogens (tertiary/aromatic N) is 1. The smallest absolute Gasteiger partial charge is 0.112 e. The highest BCUT2D eigenvalue weighted by molar-refractivity contribution is 4.60. The van der Waals surface area contributed by atoms with Crippen molar-refractivity contribution >= 4 is 0 Å². The fourth-order valence-electron chi connectivity index (χ4n) is 1.83. The Morgan fingerprint density at radius 1 is 1.45 bits per heavy atom. The molecule has 1 saturated heterocycles. The Bertz CT molecular complexity index is 127. The quantitative estimate of drug-likeness (QED) is 0.550. The molecule has 11 heavy (non-hydrogen) atoms. The van der Waals surface area contributed by atoms with Crippen LogP contribution in [0, 0.1) is 0 Å². The topological polar surface area (TPSA) is 9.23 Å². The van der Waals surface area contributed by atoms with Gasteiger partial charge in [0.05, 0.1) is 26.8 Å². The van der Waals surface area contributed by atoms with E-state index >= 15 is 0 Å². The van der Waals surface area contributed by atoms with Crippen molar-refractivity contribution in [1.29, 1.82) is 0 Å². The third-order valence-corrected chi connectivity index (χ3v) is 3.13. The number of rotatable bonds is 2. The van der Waals surface area contributed by atoms with E-state index in [2.05, 4.69) is 20.9 Å². The summed E-state index contributed by atoms with van der Waals surface area (Å²) >= 11 is 0. The zero-order valence-corrected chi connectivity index (χ0v) is 7.97. The summed E-state index contributed by atoms with van der Waals surface area (Å²) in [7, 11) is 2.34. The van der Waals surface area contributed by atoms with Crippen LogP contribution < -0.4 is 0 Å². The third kappa shape index (κ3) is 1.74. The molecule has 1 heterocycles. The van der Waals surface area contributed by atoms with Gasteiger partial charge in [-0.1, -0.05) is 6.92 Å². The molecule has 0 aromatic heterocycles. The fraction of sp³-hybridized carbons (Fsp3) is 1.00. The predicted octanol–water partition coefficient (Wildman–Crippen LogP) is 1.26. The number of quaternary nitrogens is 1. The molecule has 1 aliphatic rings. The molecule has 0 aliphatic carbocycles. The molecule has 0 amide bonds. The minimum atomic E-state index is 0.730. The Balaban J connectivity index is 2.57. The second kappa shape index (κ2) is 3.55. The lowest BCUT2D eigenvalue weighted by Crippen LogP contribution is -2.58. The van der Waals surface area contributed by atoms with Crippen LogP contribution in [0.15, 0.2) is 0 Å². The van der Waals surface area contributed by atoms with Crippen LogP contribution in [0.25, 0.3) is 0 Å². The summed E-state index contributed by atoms with van der Waals surface area (Å²) in [6.07, 6.45) is 1.24. The standard InChI is InChI=1S/C9H20NO/c1-4-9-8-11-7-6-10(9,3)5-2/h9H,4-8H2,1-3H3/q+1. The average molecular weight is 158 g/mol. The first kappa shape index (κ1) is 9.01. The number of hydrogen-bond acceptors (Lipinski definition) is 1. The van der Waals surface area contributed by atoms with Gasteiger partial charge in [-0.25, -0.2) is 0 Å². The average Bonchev–Trinajstić information content (AvgIpc) is 2.05. The Kier molecular flexibility index (Phi) is 2.90. The van der Waals surface area contributed by atoms with E-state index in [0.717, 1.165) is 19.3 Å². The van der Waals surface area contributed by atoms with E-state index in [9.17, 15) is 0 Å². The highest BCUT2D eigenvalue weighted by atomic mass is 16.5. The maximum atomic E-state index is 5.45. The van der Waals surface area contributed by atoms with Crippen molar-refractivity contribution in [2.24, 2.45) is 0 Å². The lowest BCUT2D eigenvalue weighted by atomic mass is 10.1. The van der Waals surface area contributed by atoms with Gasteiger partial charge in [-0.05, 0) is 13.3 Å². The molecule has 66 valence electrons. The van der Waals surface area contributed by atoms with E-state index < -0.39 is 0 Å². The van der Waals surface area contributed by atoms with Gasteiger partial charge >= 0.3 is 0 Å². The highest BCUT2D eigenvalue weighted by Crippen LogP contribution is 2.17. The Morgan fingerprint density at radius 3 is 2.64 bits per heavy atom. The van der Waals surface area contributed by atoms with Gasteiger partial charge in [-0.3, -0.25) is 0 Å². The summed E-state index contributed by atoms with van der Waals surface area (Å²) in [6, 6.07) is 0.730. The molecule has 2 heteroatoms. The zero-order chi connectivity index (χ0) is 8.32. The molecule has 0 saturated carbocycles. The molecule has 0 N–H and O–H groups in total. The molecular weight excluding hydrogens is 138 g/mol. The van der Waals surface area contributed by atoms with Crippen LogP contribution in [0.3, 0.4) is 0 Å². The van der Waals surface area contributed by atoms with Crippen LogP contribution in [0.4, 0.5) is 0 Å². The van der Waals surface area contributed by atoms with Gasteiger partial charge in [-0.2, -0.15) is 0 Å². The van der Waals surface area contributed by atoms with Gasteiger partial charge in [0.25, 0.3) is 0 Å². The van der Waals surface area contributed by atoms with Gasteiger partial charge in [0.1, 0.15) is 12.6 Å². The SMILES string of the molecule is CCC1COCC[N+]1(C)CC. The van der Waals surface area contributed by atoms with E-state index in [4.69, 9.17) is 4.74 Å². The molecule has 0 aromatic rings. The van der Waals surface area contributed by atoms with E-state index in [1.54, 1.807) is 0 Å². The molecular formula is C9H20NO+. The number of ether oxygens (including phenoxy) is 1. The van der Waals surface area contributed by atoms with Crippen LogP contribution in [0.1, 0.15) is 20.3 Å². The number of hydrogen-bond donors (Lipinski definition) is 0. The van der Waals surface area contributed by atoms with Crippen LogP contribution in [-0.2, 0) is 4.74 Å². The van der Waals surface area contributed by atoms with Gasteiger partial charge < -0.3 is 9.22 Å². The lowest BCUT2D eigenvalue weighted by Gasteiger charge is -2.43. The summed E-state index contributed by atoms with van der Waals surface area (Å²) in [6.45, 7) is 8.86. The molecule has 2 atom stereocenters. The van der Waals surface area contributed by atoms with Crippen molar-refractivity contribution in [2.75, 3.05) is 33.4 Å². The summed E-state index contributed by atoms with van der Waals surface area (Å²) in [5, 5.41) is 0. The summed E-state index contributed by atoms with van der Waals surface area (Å²) in [5.74, 6) is 0. The van der Waals surface area contributed by atoms with Crippen molar-refractivity contribution in [3.05, 3.63) is 0 Å². The molecule has 0 radical (unpaired) electrons. The van der Waals surface area contributed by atoms with Crippen LogP contribution in [0.5, 0.6) is 0 Å². The predicted molar refractivity (Wildman–Crippen MR) is 46.5 cm³/mol. The maximum Gasteiger partial charge on any atom is 0.112 e. The van der Waals surface area contributed by atoms with Gasteiger partial charge in [-0.15, -0.1) is 0 Å². The first-order valence-electron chi connectivity index (χ1n) is 4.65. The van der Waals surface area contributed by atoms with Crippen LogP contribution in [0.2, 0.25) is 0 Å². The fourth-order valence-corrected chi connectivity index (χ4v) is 1.83. The van der Waals surface area contributed by atoms with Crippen molar-refractivity contribution in [1.82, 2.24) is 0 Å². The first-order valence-corrected chi connectivity index (χ1v) is 4.65. The second-order valence-corrected chi connectivity index (χ2v) is 3.66. The van der Waals surface area contributed by atoms with E-state index in [1.165, 1.54) is 24.0 Å². The molecule has 0 aromatic carbocycles. The molecule has 1 rings (SSSR count). The van der Waals surface area contributed by atoms with Gasteiger partial charge in [0, 0.05) is 0 Å². The van der Waals surface area contributed by atoms with Crippen molar-refractivity contribution in [3.8, 4) is 0 Å². The number of likely N-dealkylation sites (N-methyl/N-ethyl adjacent to an activating group) is 1. The summed E-state index contributed by atoms with van der Waals surface area (Å²) in [4.78, 5) is 0. The third-order valence-electron chi connectivity index (χ3n) is 3.13. The minimum absolute atomic E-state index is 0.730. The monoisotopic (exact) mass is 158 g/mol. The van der Waals surface area contributed by atoms with Crippen LogP contribution in [-0.4, -0.2) is 43.9 Å². The molecule has 2 unspecified atom stereocenters. The molecule has 0 bridgehead atoms. The van der Waals surface area contributed by atoms with E-state index in [0.29, 0.717) is 0 Å². The second-order valence-electron chi connectivity index (χ2n) is 3.66. The first-order chi connectivity index (χ1) is 5.23. The molecule has 1 aliphatic heterocycles.